The lowest BCUT2D eigenvalue weighted by atomic mass is 10.0. The molecule has 174 valence electrons. The van der Waals surface area contributed by atoms with Gasteiger partial charge in [-0.15, -0.1) is 11.3 Å². The fraction of sp³-hybridized carbons (Fsp3) is 0.556. The SMILES string of the molecule is Cc1ccsc1CN(Cc1ccccc1)C(=O)CN(CC(C)C)C(=O)CCC1CCCC1. The van der Waals surface area contributed by atoms with Gasteiger partial charge in [0.2, 0.25) is 11.8 Å². The van der Waals surface area contributed by atoms with Gasteiger partial charge in [-0.2, -0.15) is 0 Å². The van der Waals surface area contributed by atoms with E-state index in [1.54, 1.807) is 16.2 Å². The Morgan fingerprint density at radius 3 is 2.34 bits per heavy atom. The van der Waals surface area contributed by atoms with Crippen LogP contribution < -0.4 is 0 Å². The van der Waals surface area contributed by atoms with Crippen LogP contribution in [0.4, 0.5) is 0 Å². The van der Waals surface area contributed by atoms with Gasteiger partial charge in [0.1, 0.15) is 0 Å². The lowest BCUT2D eigenvalue weighted by molar-refractivity contribution is -0.141. The summed E-state index contributed by atoms with van der Waals surface area (Å²) in [5.74, 6) is 1.18. The fourth-order valence-electron chi connectivity index (χ4n) is 4.52. The number of aryl methyl sites for hydroxylation is 1. The van der Waals surface area contributed by atoms with E-state index in [1.165, 1.54) is 36.1 Å². The lowest BCUT2D eigenvalue weighted by Gasteiger charge is -2.29. The molecule has 2 aromatic rings. The molecule has 32 heavy (non-hydrogen) atoms. The zero-order valence-corrected chi connectivity index (χ0v) is 20.7. The van der Waals surface area contributed by atoms with E-state index >= 15 is 0 Å². The highest BCUT2D eigenvalue weighted by molar-refractivity contribution is 7.10. The Bertz CT molecular complexity index is 856. The Kier molecular flexibility index (Phi) is 9.34. The molecule has 1 aromatic carbocycles. The molecule has 0 aliphatic heterocycles. The van der Waals surface area contributed by atoms with Gasteiger partial charge in [-0.25, -0.2) is 0 Å². The molecule has 5 heteroatoms. The Morgan fingerprint density at radius 2 is 1.72 bits per heavy atom. The second kappa shape index (κ2) is 12.2. The first-order valence-electron chi connectivity index (χ1n) is 12.0. The highest BCUT2D eigenvalue weighted by Gasteiger charge is 2.24. The smallest absolute Gasteiger partial charge is 0.242 e. The number of hydrogen-bond acceptors (Lipinski definition) is 3. The van der Waals surface area contributed by atoms with Crippen LogP contribution in [-0.4, -0.2) is 34.7 Å². The number of thiophene rings is 1. The van der Waals surface area contributed by atoms with Crippen LogP contribution in [0.2, 0.25) is 0 Å². The van der Waals surface area contributed by atoms with Crippen molar-refractivity contribution in [2.24, 2.45) is 11.8 Å². The van der Waals surface area contributed by atoms with Crippen molar-refractivity contribution in [3.8, 4) is 0 Å². The second-order valence-corrected chi connectivity index (χ2v) is 10.6. The third-order valence-electron chi connectivity index (χ3n) is 6.38. The third kappa shape index (κ3) is 7.47. The molecule has 0 N–H and O–H groups in total. The molecule has 1 aliphatic carbocycles. The van der Waals surface area contributed by atoms with Crippen molar-refractivity contribution < 1.29 is 9.59 Å². The molecule has 0 unspecified atom stereocenters. The first kappa shape index (κ1) is 24.5. The monoisotopic (exact) mass is 454 g/mol. The van der Waals surface area contributed by atoms with E-state index in [2.05, 4.69) is 44.4 Å². The van der Waals surface area contributed by atoms with Gasteiger partial charge >= 0.3 is 0 Å². The molecular formula is C27H38N2O2S. The summed E-state index contributed by atoms with van der Waals surface area (Å²) in [6, 6.07) is 12.2. The topological polar surface area (TPSA) is 40.6 Å². The standard InChI is InChI=1S/C27H38N2O2S/c1-21(2)17-28(26(30)14-13-23-9-7-8-10-23)20-27(31)29(18-24-11-5-4-6-12-24)19-25-22(3)15-16-32-25/h4-6,11-12,15-16,21,23H,7-10,13-14,17-20H2,1-3H3. The van der Waals surface area contributed by atoms with E-state index in [9.17, 15) is 9.59 Å². The largest absolute Gasteiger partial charge is 0.333 e. The van der Waals surface area contributed by atoms with E-state index in [0.29, 0.717) is 37.9 Å². The molecule has 0 bridgehead atoms. The second-order valence-electron chi connectivity index (χ2n) is 9.62. The summed E-state index contributed by atoms with van der Waals surface area (Å²) in [5, 5.41) is 2.08. The normalized spacial score (nSPS) is 14.1. The van der Waals surface area contributed by atoms with Gasteiger partial charge in [-0.3, -0.25) is 9.59 Å². The molecule has 3 rings (SSSR count). The number of rotatable bonds is 11. The van der Waals surface area contributed by atoms with E-state index in [0.717, 1.165) is 12.0 Å². The summed E-state index contributed by atoms with van der Waals surface area (Å²) in [6.45, 7) is 8.25. The van der Waals surface area contributed by atoms with Gasteiger partial charge in [0.05, 0.1) is 13.1 Å². The molecule has 0 atom stereocenters. The molecule has 0 spiro atoms. The van der Waals surface area contributed by atoms with Gasteiger partial charge in [-0.1, -0.05) is 69.9 Å². The van der Waals surface area contributed by atoms with Crippen LogP contribution in [0.15, 0.2) is 41.8 Å². The molecular weight excluding hydrogens is 416 g/mol. The summed E-state index contributed by atoms with van der Waals surface area (Å²) in [7, 11) is 0. The maximum atomic E-state index is 13.5. The molecule has 1 heterocycles. The molecule has 2 amide bonds. The third-order valence-corrected chi connectivity index (χ3v) is 7.38. The molecule has 1 aromatic heterocycles. The Balaban J connectivity index is 1.69. The van der Waals surface area contributed by atoms with Crippen molar-refractivity contribution >= 4 is 23.2 Å². The first-order valence-corrected chi connectivity index (χ1v) is 12.9. The van der Waals surface area contributed by atoms with Crippen molar-refractivity contribution in [1.29, 1.82) is 0 Å². The number of carbonyl (C=O) groups excluding carboxylic acids is 2. The minimum Gasteiger partial charge on any atom is -0.333 e. The Hall–Kier alpha value is -2.14. The number of amides is 2. The Labute approximate surface area is 197 Å². The highest BCUT2D eigenvalue weighted by atomic mass is 32.1. The maximum absolute atomic E-state index is 13.5. The van der Waals surface area contributed by atoms with E-state index < -0.39 is 0 Å². The van der Waals surface area contributed by atoms with E-state index in [1.807, 2.05) is 23.1 Å². The van der Waals surface area contributed by atoms with Gasteiger partial charge in [0.15, 0.2) is 0 Å². The summed E-state index contributed by atoms with van der Waals surface area (Å²) in [4.78, 5) is 31.5. The van der Waals surface area contributed by atoms with Gasteiger partial charge in [0.25, 0.3) is 0 Å². The minimum absolute atomic E-state index is 0.0246. The van der Waals surface area contributed by atoms with E-state index in [-0.39, 0.29) is 18.4 Å². The van der Waals surface area contributed by atoms with Gasteiger partial charge < -0.3 is 9.80 Å². The summed E-state index contributed by atoms with van der Waals surface area (Å²) in [5.41, 5.74) is 2.32. The van der Waals surface area contributed by atoms with Crippen molar-refractivity contribution in [3.05, 3.63) is 57.8 Å². The van der Waals surface area contributed by atoms with Gasteiger partial charge in [-0.05, 0) is 47.8 Å². The quantitative estimate of drug-likeness (QED) is 0.415. The zero-order chi connectivity index (χ0) is 22.9. The fourth-order valence-corrected chi connectivity index (χ4v) is 5.44. The zero-order valence-electron chi connectivity index (χ0n) is 19.9. The van der Waals surface area contributed by atoms with Crippen LogP contribution in [-0.2, 0) is 22.7 Å². The van der Waals surface area contributed by atoms with Crippen LogP contribution in [0, 0.1) is 18.8 Å². The van der Waals surface area contributed by atoms with Crippen LogP contribution >= 0.6 is 11.3 Å². The average molecular weight is 455 g/mol. The molecule has 4 nitrogen and oxygen atoms in total. The molecule has 0 saturated heterocycles. The summed E-state index contributed by atoms with van der Waals surface area (Å²) < 4.78 is 0. The average Bonchev–Trinajstić information content (AvgIpc) is 3.43. The van der Waals surface area contributed by atoms with Crippen molar-refractivity contribution in [2.75, 3.05) is 13.1 Å². The number of nitrogens with zero attached hydrogens (tertiary/aromatic N) is 2. The lowest BCUT2D eigenvalue weighted by Crippen LogP contribution is -2.43. The van der Waals surface area contributed by atoms with Crippen LogP contribution in [0.3, 0.4) is 0 Å². The van der Waals surface area contributed by atoms with Crippen LogP contribution in [0.5, 0.6) is 0 Å². The van der Waals surface area contributed by atoms with Crippen LogP contribution in [0.25, 0.3) is 0 Å². The van der Waals surface area contributed by atoms with Gasteiger partial charge in [0, 0.05) is 24.4 Å². The molecule has 0 radical (unpaired) electrons. The van der Waals surface area contributed by atoms with E-state index in [4.69, 9.17) is 0 Å². The molecule has 1 saturated carbocycles. The maximum Gasteiger partial charge on any atom is 0.242 e. The molecule has 1 aliphatic rings. The predicted octanol–water partition coefficient (Wildman–Crippen LogP) is 6.04. The number of carbonyl (C=O) groups is 2. The number of benzene rings is 1. The Morgan fingerprint density at radius 1 is 1.00 bits per heavy atom. The predicted molar refractivity (Wildman–Crippen MR) is 132 cm³/mol. The van der Waals surface area contributed by atoms with Crippen molar-refractivity contribution in [1.82, 2.24) is 9.80 Å². The summed E-state index contributed by atoms with van der Waals surface area (Å²) in [6.07, 6.45) is 6.62. The summed E-state index contributed by atoms with van der Waals surface area (Å²) >= 11 is 1.69. The first-order chi connectivity index (χ1) is 15.4. The number of hydrogen-bond donors (Lipinski definition) is 0. The van der Waals surface area contributed by atoms with Crippen molar-refractivity contribution in [3.63, 3.8) is 0 Å². The van der Waals surface area contributed by atoms with Crippen LogP contribution in [0.1, 0.15) is 68.4 Å². The highest BCUT2D eigenvalue weighted by Crippen LogP contribution is 2.29. The molecule has 1 fully saturated rings. The minimum atomic E-state index is 0.0246. The van der Waals surface area contributed by atoms with Crippen molar-refractivity contribution in [2.45, 2.75) is 72.4 Å².